The Labute approximate surface area is 118 Å². The Morgan fingerprint density at radius 2 is 2.00 bits per heavy atom. The summed E-state index contributed by atoms with van der Waals surface area (Å²) in [5.41, 5.74) is 2.38. The minimum absolute atomic E-state index is 0.493. The van der Waals surface area contributed by atoms with Crippen molar-refractivity contribution in [3.63, 3.8) is 0 Å². The first-order valence-corrected chi connectivity index (χ1v) is 6.54. The predicted molar refractivity (Wildman–Crippen MR) is 79.8 cm³/mol. The summed E-state index contributed by atoms with van der Waals surface area (Å²) in [6, 6.07) is 10.1. The average Bonchev–Trinajstić information content (AvgIpc) is 2.48. The number of hydrogen-bond donors (Lipinski definition) is 1. The third-order valence-corrected chi connectivity index (χ3v) is 3.04. The van der Waals surface area contributed by atoms with Crippen LogP contribution in [-0.4, -0.2) is 17.0 Å². The molecule has 0 spiro atoms. The van der Waals surface area contributed by atoms with Crippen LogP contribution in [0.2, 0.25) is 0 Å². The normalized spacial score (nSPS) is 9.85. The van der Waals surface area contributed by atoms with Crippen molar-refractivity contribution >= 4 is 17.3 Å². The molecular weight excluding hydrogens is 250 g/mol. The highest BCUT2D eigenvalue weighted by Gasteiger charge is 2.06. The lowest BCUT2D eigenvalue weighted by atomic mass is 10.1. The summed E-state index contributed by atoms with van der Waals surface area (Å²) >= 11 is 0. The second-order valence-corrected chi connectivity index (χ2v) is 4.47. The van der Waals surface area contributed by atoms with E-state index in [2.05, 4.69) is 46.5 Å². The molecular formula is C15H17N5. The number of anilines is 3. The summed E-state index contributed by atoms with van der Waals surface area (Å²) in [5, 5.41) is 11.1. The molecule has 0 unspecified atom stereocenters. The Morgan fingerprint density at radius 3 is 2.65 bits per heavy atom. The maximum atomic E-state index is 8.61. The minimum Gasteiger partial charge on any atom is -0.329 e. The molecule has 1 aromatic heterocycles. The third kappa shape index (κ3) is 3.23. The lowest BCUT2D eigenvalue weighted by molar-refractivity contribution is 0.921. The zero-order chi connectivity index (χ0) is 14.4. The molecule has 0 saturated carbocycles. The molecule has 0 saturated heterocycles. The second-order valence-electron chi connectivity index (χ2n) is 4.47. The minimum atomic E-state index is 0.493. The number of aryl methyl sites for hydroxylation is 1. The fraction of sp³-hybridized carbons (Fsp3) is 0.267. The molecule has 0 bridgehead atoms. The van der Waals surface area contributed by atoms with E-state index in [1.54, 1.807) is 6.07 Å². The molecule has 20 heavy (non-hydrogen) atoms. The topological polar surface area (TPSA) is 64.8 Å². The van der Waals surface area contributed by atoms with Crippen LogP contribution in [-0.2, 0) is 6.42 Å². The number of rotatable bonds is 5. The van der Waals surface area contributed by atoms with E-state index in [0.29, 0.717) is 5.82 Å². The summed E-state index contributed by atoms with van der Waals surface area (Å²) in [6.07, 6.45) is 5.53. The van der Waals surface area contributed by atoms with Crippen LogP contribution in [0.15, 0.2) is 36.7 Å². The van der Waals surface area contributed by atoms with E-state index in [9.17, 15) is 0 Å². The van der Waals surface area contributed by atoms with Gasteiger partial charge in [0.2, 0.25) is 0 Å². The number of benzene rings is 1. The van der Waals surface area contributed by atoms with Crippen molar-refractivity contribution in [2.75, 3.05) is 17.3 Å². The van der Waals surface area contributed by atoms with Gasteiger partial charge in [0.1, 0.15) is 18.0 Å². The number of aromatic nitrogens is 2. The first kappa shape index (κ1) is 13.8. The van der Waals surface area contributed by atoms with Crippen molar-refractivity contribution < 1.29 is 0 Å². The zero-order valence-electron chi connectivity index (χ0n) is 11.7. The molecule has 1 heterocycles. The first-order valence-electron chi connectivity index (χ1n) is 6.54. The van der Waals surface area contributed by atoms with Crippen LogP contribution in [0.1, 0.15) is 18.9 Å². The molecule has 2 rings (SSSR count). The highest BCUT2D eigenvalue weighted by molar-refractivity contribution is 5.62. The van der Waals surface area contributed by atoms with Gasteiger partial charge in [-0.15, -0.1) is 0 Å². The third-order valence-electron chi connectivity index (χ3n) is 3.04. The summed E-state index contributed by atoms with van der Waals surface area (Å²) in [6.45, 7) is 2.17. The van der Waals surface area contributed by atoms with Crippen LogP contribution in [0.25, 0.3) is 0 Å². The van der Waals surface area contributed by atoms with Gasteiger partial charge in [0.15, 0.2) is 6.19 Å². The molecule has 0 aliphatic rings. The molecule has 1 N–H and O–H groups in total. The Hall–Kier alpha value is -2.61. The molecule has 0 radical (unpaired) electrons. The van der Waals surface area contributed by atoms with Crippen LogP contribution >= 0.6 is 0 Å². The molecule has 1 aromatic carbocycles. The molecule has 0 amide bonds. The molecule has 2 aromatic rings. The van der Waals surface area contributed by atoms with E-state index in [0.717, 1.165) is 24.3 Å². The average molecular weight is 267 g/mol. The van der Waals surface area contributed by atoms with Gasteiger partial charge in [-0.05, 0) is 24.1 Å². The first-order chi connectivity index (χ1) is 9.74. The summed E-state index contributed by atoms with van der Waals surface area (Å²) in [5.74, 6) is 1.23. The Bertz CT molecular complexity index is 600. The monoisotopic (exact) mass is 267 g/mol. The van der Waals surface area contributed by atoms with E-state index in [-0.39, 0.29) is 0 Å². The van der Waals surface area contributed by atoms with Crippen molar-refractivity contribution in [1.82, 2.24) is 9.97 Å². The van der Waals surface area contributed by atoms with E-state index >= 15 is 0 Å². The predicted octanol–water partition coefficient (Wildman–Crippen LogP) is 3.09. The lowest BCUT2D eigenvalue weighted by Crippen LogP contribution is -2.11. The van der Waals surface area contributed by atoms with Crippen LogP contribution in [0, 0.1) is 11.5 Å². The number of nitrogens with one attached hydrogen (secondary N) is 1. The fourth-order valence-electron chi connectivity index (χ4n) is 1.96. The van der Waals surface area contributed by atoms with E-state index < -0.39 is 0 Å². The number of hydrogen-bond acceptors (Lipinski definition) is 5. The van der Waals surface area contributed by atoms with Crippen molar-refractivity contribution in [2.24, 2.45) is 0 Å². The molecule has 102 valence electrons. The van der Waals surface area contributed by atoms with Gasteiger partial charge in [-0.1, -0.05) is 25.5 Å². The Balaban J connectivity index is 2.20. The van der Waals surface area contributed by atoms with Gasteiger partial charge in [-0.2, -0.15) is 5.26 Å². The quantitative estimate of drug-likeness (QED) is 0.666. The highest BCUT2D eigenvalue weighted by atomic mass is 15.2. The standard InChI is InChI=1S/C15H17N5/c1-3-4-12-5-7-13(8-6-12)20(2)15-9-14(17-10-16)18-11-19-15/h5-9,11H,3-4H2,1-2H3,(H,17,18,19). The van der Waals surface area contributed by atoms with Crippen LogP contribution < -0.4 is 10.2 Å². The molecule has 5 heteroatoms. The second kappa shape index (κ2) is 6.53. The Morgan fingerprint density at radius 1 is 1.25 bits per heavy atom. The van der Waals surface area contributed by atoms with Crippen LogP contribution in [0.4, 0.5) is 17.3 Å². The van der Waals surface area contributed by atoms with Gasteiger partial charge in [0.25, 0.3) is 0 Å². The smallest absolute Gasteiger partial charge is 0.182 e. The van der Waals surface area contributed by atoms with E-state index in [1.807, 2.05) is 18.1 Å². The number of nitrogens with zero attached hydrogens (tertiary/aromatic N) is 4. The fourth-order valence-corrected chi connectivity index (χ4v) is 1.96. The maximum Gasteiger partial charge on any atom is 0.182 e. The van der Waals surface area contributed by atoms with E-state index in [1.165, 1.54) is 11.9 Å². The largest absolute Gasteiger partial charge is 0.329 e. The van der Waals surface area contributed by atoms with Gasteiger partial charge in [-0.3, -0.25) is 5.32 Å². The molecule has 0 atom stereocenters. The van der Waals surface area contributed by atoms with Gasteiger partial charge in [0.05, 0.1) is 0 Å². The molecule has 5 nitrogen and oxygen atoms in total. The highest BCUT2D eigenvalue weighted by Crippen LogP contribution is 2.23. The van der Waals surface area contributed by atoms with Crippen LogP contribution in [0.5, 0.6) is 0 Å². The summed E-state index contributed by atoms with van der Waals surface area (Å²) < 4.78 is 0. The van der Waals surface area contributed by atoms with Gasteiger partial charge < -0.3 is 4.90 Å². The number of nitriles is 1. The zero-order valence-corrected chi connectivity index (χ0v) is 11.7. The van der Waals surface area contributed by atoms with Crippen molar-refractivity contribution in [1.29, 1.82) is 5.26 Å². The maximum absolute atomic E-state index is 8.61. The molecule has 0 aliphatic heterocycles. The Kier molecular flexibility index (Phi) is 4.51. The van der Waals surface area contributed by atoms with Crippen LogP contribution in [0.3, 0.4) is 0 Å². The SMILES string of the molecule is CCCc1ccc(N(C)c2cc(NC#N)ncn2)cc1. The van der Waals surface area contributed by atoms with Gasteiger partial charge in [-0.25, -0.2) is 9.97 Å². The van der Waals surface area contributed by atoms with Crippen molar-refractivity contribution in [2.45, 2.75) is 19.8 Å². The van der Waals surface area contributed by atoms with Crippen molar-refractivity contribution in [3.8, 4) is 6.19 Å². The molecule has 0 aliphatic carbocycles. The summed E-state index contributed by atoms with van der Waals surface area (Å²) in [4.78, 5) is 10.2. The lowest BCUT2D eigenvalue weighted by Gasteiger charge is -2.18. The van der Waals surface area contributed by atoms with E-state index in [4.69, 9.17) is 5.26 Å². The van der Waals surface area contributed by atoms with Gasteiger partial charge >= 0.3 is 0 Å². The summed E-state index contributed by atoms with van der Waals surface area (Å²) in [7, 11) is 1.94. The van der Waals surface area contributed by atoms with Gasteiger partial charge in [0, 0.05) is 18.8 Å². The molecule has 0 fully saturated rings. The van der Waals surface area contributed by atoms with Crippen molar-refractivity contribution in [3.05, 3.63) is 42.2 Å².